The molecule has 0 saturated carbocycles. The van der Waals surface area contributed by atoms with E-state index in [2.05, 4.69) is 49.0 Å². The average molecular weight is 412 g/mol. The molecule has 7 heteroatoms. The summed E-state index contributed by atoms with van der Waals surface area (Å²) in [6.45, 7) is 21.3. The van der Waals surface area contributed by atoms with Gasteiger partial charge in [-0.2, -0.15) is 0 Å². The summed E-state index contributed by atoms with van der Waals surface area (Å²) in [5.74, 6) is 1.33. The fraction of sp³-hybridized carbons (Fsp3) is 0.409. The Morgan fingerprint density at radius 1 is 1.24 bits per heavy atom. The Hall–Kier alpha value is -2.69. The first-order valence-corrected chi connectivity index (χ1v) is 12.5. The number of pyridine rings is 1. The third kappa shape index (κ3) is 5.89. The Labute approximate surface area is 174 Å². The molecule has 0 amide bonds. The Morgan fingerprint density at radius 2 is 1.97 bits per heavy atom. The maximum Gasteiger partial charge on any atom is 0.228 e. The zero-order valence-electron chi connectivity index (χ0n) is 18.0. The van der Waals surface area contributed by atoms with Crippen LogP contribution < -0.4 is 10.1 Å². The van der Waals surface area contributed by atoms with Crippen LogP contribution >= 0.6 is 0 Å². The van der Waals surface area contributed by atoms with Gasteiger partial charge in [-0.1, -0.05) is 26.8 Å². The summed E-state index contributed by atoms with van der Waals surface area (Å²) < 4.78 is 11.9. The van der Waals surface area contributed by atoms with Gasteiger partial charge in [-0.25, -0.2) is 9.83 Å². The molecule has 0 spiro atoms. The summed E-state index contributed by atoms with van der Waals surface area (Å²) in [6, 6.07) is 8.59. The molecule has 2 aromatic rings. The number of aryl methyl sites for hydroxylation is 1. The fourth-order valence-electron chi connectivity index (χ4n) is 2.33. The number of ether oxygens (including phenoxy) is 1. The molecule has 0 bridgehead atoms. The standard InChI is InChI=1S/C22H29N3O3Si/c1-16-8-9-18(14-17(16)15-26)28-20-11-10-19(23-5)21(25-20)24-12-13-27-29(6,7)22(2,3)4/h8-11,14-15H,12-13H2,1-4,6-7H3,(H,24,25). The maximum atomic E-state index is 11.1. The molecule has 0 aliphatic carbocycles. The van der Waals surface area contributed by atoms with Gasteiger partial charge < -0.3 is 14.5 Å². The number of rotatable bonds is 8. The number of nitrogens with one attached hydrogen (secondary N) is 1. The second-order valence-electron chi connectivity index (χ2n) is 8.40. The largest absolute Gasteiger partial charge is 0.439 e. The first-order chi connectivity index (χ1) is 13.6. The van der Waals surface area contributed by atoms with Gasteiger partial charge in [0.25, 0.3) is 0 Å². The van der Waals surface area contributed by atoms with Crippen LogP contribution in [0.2, 0.25) is 18.1 Å². The first kappa shape index (κ1) is 22.6. The van der Waals surface area contributed by atoms with Crippen LogP contribution in [0, 0.1) is 13.5 Å². The van der Waals surface area contributed by atoms with Crippen LogP contribution in [0.3, 0.4) is 0 Å². The van der Waals surface area contributed by atoms with Gasteiger partial charge in [0.05, 0.1) is 13.2 Å². The van der Waals surface area contributed by atoms with Crippen molar-refractivity contribution < 1.29 is 14.0 Å². The SMILES string of the molecule is [C-]#[N+]c1ccc(Oc2ccc(C)c(C=O)c2)nc1NCCO[Si](C)(C)C(C)(C)C. The lowest BCUT2D eigenvalue weighted by molar-refractivity contribution is 0.112. The van der Waals surface area contributed by atoms with Crippen LogP contribution in [0.15, 0.2) is 30.3 Å². The molecule has 1 aromatic heterocycles. The van der Waals surface area contributed by atoms with Crippen LogP contribution in [-0.2, 0) is 4.43 Å². The number of carbonyl (C=O) groups is 1. The Kier molecular flexibility index (Phi) is 7.17. The molecule has 0 atom stereocenters. The van der Waals surface area contributed by atoms with Gasteiger partial charge in [-0.3, -0.25) is 4.79 Å². The minimum atomic E-state index is -1.81. The van der Waals surface area contributed by atoms with E-state index in [-0.39, 0.29) is 5.04 Å². The van der Waals surface area contributed by atoms with Gasteiger partial charge in [-0.15, -0.1) is 0 Å². The van der Waals surface area contributed by atoms with Crippen molar-refractivity contribution in [1.29, 1.82) is 0 Å². The molecule has 154 valence electrons. The molecule has 1 heterocycles. The number of anilines is 1. The fourth-order valence-corrected chi connectivity index (χ4v) is 3.38. The molecule has 1 N–H and O–H groups in total. The van der Waals surface area contributed by atoms with Crippen LogP contribution in [0.4, 0.5) is 11.5 Å². The van der Waals surface area contributed by atoms with E-state index in [0.717, 1.165) is 11.8 Å². The Bertz CT molecular complexity index is 914. The van der Waals surface area contributed by atoms with E-state index in [4.69, 9.17) is 15.7 Å². The second kappa shape index (κ2) is 9.20. The molecule has 2 rings (SSSR count). The van der Waals surface area contributed by atoms with Crippen LogP contribution in [-0.4, -0.2) is 32.7 Å². The van der Waals surface area contributed by atoms with Crippen molar-refractivity contribution in [2.24, 2.45) is 0 Å². The van der Waals surface area contributed by atoms with Crippen molar-refractivity contribution in [3.63, 3.8) is 0 Å². The third-order valence-electron chi connectivity index (χ3n) is 5.23. The van der Waals surface area contributed by atoms with Crippen molar-refractivity contribution in [2.45, 2.75) is 45.8 Å². The summed E-state index contributed by atoms with van der Waals surface area (Å²) in [6.07, 6.45) is 0.799. The van der Waals surface area contributed by atoms with Gasteiger partial charge in [0.1, 0.15) is 17.9 Å². The number of aldehydes is 1. The molecular weight excluding hydrogens is 382 g/mol. The van der Waals surface area contributed by atoms with E-state index in [1.165, 1.54) is 0 Å². The highest BCUT2D eigenvalue weighted by molar-refractivity contribution is 6.74. The van der Waals surface area contributed by atoms with E-state index in [9.17, 15) is 4.79 Å². The summed E-state index contributed by atoms with van der Waals surface area (Å²) in [4.78, 5) is 19.1. The maximum absolute atomic E-state index is 11.1. The monoisotopic (exact) mass is 411 g/mol. The van der Waals surface area contributed by atoms with Crippen molar-refractivity contribution in [3.8, 4) is 11.6 Å². The molecule has 29 heavy (non-hydrogen) atoms. The smallest absolute Gasteiger partial charge is 0.228 e. The summed E-state index contributed by atoms with van der Waals surface area (Å²) in [7, 11) is -1.81. The zero-order chi connectivity index (χ0) is 21.7. The van der Waals surface area contributed by atoms with Gasteiger partial charge in [0.15, 0.2) is 8.32 Å². The summed E-state index contributed by atoms with van der Waals surface area (Å²) in [5, 5.41) is 3.33. The van der Waals surface area contributed by atoms with Gasteiger partial charge in [0, 0.05) is 12.1 Å². The molecule has 0 aliphatic heterocycles. The highest BCUT2D eigenvalue weighted by Gasteiger charge is 2.36. The van der Waals surface area contributed by atoms with Crippen LogP contribution in [0.5, 0.6) is 11.6 Å². The Balaban J connectivity index is 2.07. The van der Waals surface area contributed by atoms with E-state index < -0.39 is 8.32 Å². The number of benzene rings is 1. The van der Waals surface area contributed by atoms with Crippen molar-refractivity contribution in [2.75, 3.05) is 18.5 Å². The molecule has 1 aromatic carbocycles. The summed E-state index contributed by atoms with van der Waals surface area (Å²) >= 11 is 0. The number of hydrogen-bond donors (Lipinski definition) is 1. The molecule has 0 fully saturated rings. The van der Waals surface area contributed by atoms with Gasteiger partial charge >= 0.3 is 0 Å². The van der Waals surface area contributed by atoms with Crippen LogP contribution in [0.25, 0.3) is 4.85 Å². The van der Waals surface area contributed by atoms with Crippen molar-refractivity contribution in [3.05, 3.63) is 52.9 Å². The number of nitrogens with zero attached hydrogens (tertiary/aromatic N) is 2. The zero-order valence-corrected chi connectivity index (χ0v) is 19.0. The van der Waals surface area contributed by atoms with Crippen molar-refractivity contribution in [1.82, 2.24) is 4.98 Å². The Morgan fingerprint density at radius 3 is 2.59 bits per heavy atom. The molecule has 0 aliphatic rings. The van der Waals surface area contributed by atoms with E-state index >= 15 is 0 Å². The summed E-state index contributed by atoms with van der Waals surface area (Å²) in [5.41, 5.74) is 1.87. The number of hydrogen-bond acceptors (Lipinski definition) is 5. The minimum absolute atomic E-state index is 0.148. The van der Waals surface area contributed by atoms with Gasteiger partial charge in [-0.05, 0) is 54.9 Å². The second-order valence-corrected chi connectivity index (χ2v) is 13.2. The lowest BCUT2D eigenvalue weighted by Crippen LogP contribution is -2.41. The van der Waals surface area contributed by atoms with Crippen LogP contribution in [0.1, 0.15) is 36.7 Å². The third-order valence-corrected chi connectivity index (χ3v) is 9.77. The first-order valence-electron chi connectivity index (χ1n) is 9.57. The molecule has 0 unspecified atom stereocenters. The predicted octanol–water partition coefficient (Wildman–Crippen LogP) is 5.98. The van der Waals surface area contributed by atoms with E-state index in [0.29, 0.717) is 41.8 Å². The molecule has 0 radical (unpaired) electrons. The van der Waals surface area contributed by atoms with E-state index in [1.54, 1.807) is 24.3 Å². The lowest BCUT2D eigenvalue weighted by Gasteiger charge is -2.36. The van der Waals surface area contributed by atoms with Crippen molar-refractivity contribution >= 4 is 26.1 Å². The predicted molar refractivity (Wildman–Crippen MR) is 119 cm³/mol. The molecule has 0 saturated heterocycles. The molecular formula is C22H29N3O3Si. The highest BCUT2D eigenvalue weighted by Crippen LogP contribution is 2.36. The number of carbonyl (C=O) groups excluding carboxylic acids is 1. The minimum Gasteiger partial charge on any atom is -0.439 e. The van der Waals surface area contributed by atoms with E-state index in [1.807, 2.05) is 13.0 Å². The quantitative estimate of drug-likeness (QED) is 0.250. The van der Waals surface area contributed by atoms with Gasteiger partial charge in [0.2, 0.25) is 11.6 Å². The highest BCUT2D eigenvalue weighted by atomic mass is 28.4. The topological polar surface area (TPSA) is 64.8 Å². The molecule has 6 nitrogen and oxygen atoms in total. The lowest BCUT2D eigenvalue weighted by atomic mass is 10.1. The number of aromatic nitrogens is 1. The normalized spacial score (nSPS) is 11.6. The average Bonchev–Trinajstić information content (AvgIpc) is 2.66.